The van der Waals surface area contributed by atoms with Crippen LogP contribution in [0.1, 0.15) is 15.9 Å². The highest BCUT2D eigenvalue weighted by Gasteiger charge is 2.19. The molecule has 0 radical (unpaired) electrons. The summed E-state index contributed by atoms with van der Waals surface area (Å²) in [4.78, 5) is 11.6. The predicted octanol–water partition coefficient (Wildman–Crippen LogP) is 3.99. The molecule has 0 spiro atoms. The molecule has 5 heteroatoms. The van der Waals surface area contributed by atoms with Crippen LogP contribution in [0.4, 0.5) is 10.1 Å². The van der Waals surface area contributed by atoms with Crippen molar-refractivity contribution in [3.63, 3.8) is 0 Å². The Balaban J connectivity index is 2.23. The molecule has 0 aliphatic heterocycles. The molecule has 0 amide bonds. The molecule has 1 N–H and O–H groups in total. The fraction of sp³-hybridized carbons (Fsp3) is 0.133. The van der Waals surface area contributed by atoms with Gasteiger partial charge in [0.15, 0.2) is 0 Å². The summed E-state index contributed by atoms with van der Waals surface area (Å²) in [5.74, 6) is -1.27. The molecule has 0 unspecified atom stereocenters. The molecule has 104 valence electrons. The van der Waals surface area contributed by atoms with Crippen LogP contribution in [0.15, 0.2) is 46.9 Å². The van der Waals surface area contributed by atoms with E-state index >= 15 is 0 Å². The van der Waals surface area contributed by atoms with E-state index in [-0.39, 0.29) is 12.1 Å². The van der Waals surface area contributed by atoms with Gasteiger partial charge in [-0.2, -0.15) is 0 Å². The number of carbonyl (C=O) groups is 1. The van der Waals surface area contributed by atoms with Gasteiger partial charge in [-0.15, -0.1) is 0 Å². The Labute approximate surface area is 124 Å². The van der Waals surface area contributed by atoms with Gasteiger partial charge in [-0.3, -0.25) is 0 Å². The van der Waals surface area contributed by atoms with E-state index in [1.807, 2.05) is 30.3 Å². The minimum absolute atomic E-state index is 0.0835. The molecule has 0 aliphatic rings. The van der Waals surface area contributed by atoms with Gasteiger partial charge >= 0.3 is 5.97 Å². The third-order valence-corrected chi connectivity index (χ3v) is 3.48. The Morgan fingerprint density at radius 1 is 1.25 bits per heavy atom. The third kappa shape index (κ3) is 3.17. The summed E-state index contributed by atoms with van der Waals surface area (Å²) in [5, 5.41) is 3.10. The maximum Gasteiger partial charge on any atom is 0.342 e. The zero-order chi connectivity index (χ0) is 14.5. The van der Waals surface area contributed by atoms with Gasteiger partial charge in [0.05, 0.1) is 7.11 Å². The number of para-hydroxylation sites is 1. The number of ether oxygens (including phenoxy) is 1. The van der Waals surface area contributed by atoms with E-state index in [9.17, 15) is 9.18 Å². The lowest BCUT2D eigenvalue weighted by molar-refractivity contribution is 0.0594. The summed E-state index contributed by atoms with van der Waals surface area (Å²) < 4.78 is 19.3. The zero-order valence-electron chi connectivity index (χ0n) is 10.8. The Bertz CT molecular complexity index is 617. The van der Waals surface area contributed by atoms with Crippen molar-refractivity contribution in [2.75, 3.05) is 12.4 Å². The van der Waals surface area contributed by atoms with Crippen LogP contribution >= 0.6 is 15.9 Å². The Morgan fingerprint density at radius 3 is 2.60 bits per heavy atom. The van der Waals surface area contributed by atoms with E-state index < -0.39 is 11.8 Å². The number of carbonyl (C=O) groups excluding carboxylic acids is 1. The smallest absolute Gasteiger partial charge is 0.342 e. The second-order valence-corrected chi connectivity index (χ2v) is 4.96. The van der Waals surface area contributed by atoms with E-state index in [2.05, 4.69) is 26.0 Å². The van der Waals surface area contributed by atoms with Gasteiger partial charge in [0.1, 0.15) is 11.4 Å². The minimum atomic E-state index is -0.698. The number of benzene rings is 2. The highest BCUT2D eigenvalue weighted by molar-refractivity contribution is 9.10. The number of anilines is 1. The van der Waals surface area contributed by atoms with Crippen molar-refractivity contribution in [1.82, 2.24) is 0 Å². The van der Waals surface area contributed by atoms with Crippen molar-refractivity contribution in [2.24, 2.45) is 0 Å². The first kappa shape index (κ1) is 14.5. The maximum atomic E-state index is 14.3. The number of esters is 1. The van der Waals surface area contributed by atoms with Crippen LogP contribution in [-0.2, 0) is 11.3 Å². The summed E-state index contributed by atoms with van der Waals surface area (Å²) >= 11 is 3.16. The first-order valence-electron chi connectivity index (χ1n) is 5.97. The van der Waals surface area contributed by atoms with Gasteiger partial charge in [-0.1, -0.05) is 24.3 Å². The fourth-order valence-electron chi connectivity index (χ4n) is 1.77. The fourth-order valence-corrected chi connectivity index (χ4v) is 2.24. The molecular formula is C15H13BrFNO2. The monoisotopic (exact) mass is 337 g/mol. The van der Waals surface area contributed by atoms with E-state index in [0.29, 0.717) is 10.0 Å². The van der Waals surface area contributed by atoms with Gasteiger partial charge in [0.2, 0.25) is 0 Å². The van der Waals surface area contributed by atoms with E-state index in [4.69, 9.17) is 0 Å². The van der Waals surface area contributed by atoms with Crippen LogP contribution in [0.2, 0.25) is 0 Å². The molecule has 0 bridgehead atoms. The minimum Gasteiger partial charge on any atom is -0.465 e. The standard InChI is InChI=1S/C15H13BrFNO2/c1-20-15(19)13-12(16)8-7-10(14(13)17)9-18-11-5-3-2-4-6-11/h2-8,18H,9H2,1H3. The first-order chi connectivity index (χ1) is 9.63. The van der Waals surface area contributed by atoms with Crippen molar-refractivity contribution in [3.8, 4) is 0 Å². The molecule has 3 nitrogen and oxygen atoms in total. The molecule has 2 rings (SSSR count). The second-order valence-electron chi connectivity index (χ2n) is 4.11. The van der Waals surface area contributed by atoms with Crippen molar-refractivity contribution in [3.05, 3.63) is 63.9 Å². The van der Waals surface area contributed by atoms with Crippen LogP contribution in [0.5, 0.6) is 0 Å². The van der Waals surface area contributed by atoms with Crippen LogP contribution in [0, 0.1) is 5.82 Å². The molecule has 0 saturated heterocycles. The SMILES string of the molecule is COC(=O)c1c(Br)ccc(CNc2ccccc2)c1F. The number of halogens is 2. The van der Waals surface area contributed by atoms with Crippen molar-refractivity contribution < 1.29 is 13.9 Å². The van der Waals surface area contributed by atoms with Crippen LogP contribution in [0.3, 0.4) is 0 Å². The Morgan fingerprint density at radius 2 is 1.95 bits per heavy atom. The molecular weight excluding hydrogens is 325 g/mol. The average molecular weight is 338 g/mol. The molecule has 20 heavy (non-hydrogen) atoms. The van der Waals surface area contributed by atoms with Gasteiger partial charge in [-0.05, 0) is 34.1 Å². The first-order valence-corrected chi connectivity index (χ1v) is 6.77. The molecule has 0 heterocycles. The van der Waals surface area contributed by atoms with Gasteiger partial charge < -0.3 is 10.1 Å². The van der Waals surface area contributed by atoms with Crippen molar-refractivity contribution in [1.29, 1.82) is 0 Å². The average Bonchev–Trinajstić information content (AvgIpc) is 2.47. The number of rotatable bonds is 4. The van der Waals surface area contributed by atoms with E-state index in [1.165, 1.54) is 7.11 Å². The molecule has 0 aliphatic carbocycles. The second kappa shape index (κ2) is 6.52. The van der Waals surface area contributed by atoms with Gasteiger partial charge in [0, 0.05) is 22.3 Å². The lowest BCUT2D eigenvalue weighted by atomic mass is 10.1. The van der Waals surface area contributed by atoms with Crippen molar-refractivity contribution in [2.45, 2.75) is 6.54 Å². The summed E-state index contributed by atoms with van der Waals surface area (Å²) in [7, 11) is 1.23. The topological polar surface area (TPSA) is 38.3 Å². The predicted molar refractivity (Wildman–Crippen MR) is 79.2 cm³/mol. The van der Waals surface area contributed by atoms with E-state index in [0.717, 1.165) is 5.69 Å². The normalized spacial score (nSPS) is 10.2. The van der Waals surface area contributed by atoms with Crippen LogP contribution < -0.4 is 5.32 Å². The van der Waals surface area contributed by atoms with E-state index in [1.54, 1.807) is 12.1 Å². The third-order valence-electron chi connectivity index (χ3n) is 2.82. The Hall–Kier alpha value is -1.88. The van der Waals surface area contributed by atoms with Gasteiger partial charge in [0.25, 0.3) is 0 Å². The molecule has 0 saturated carbocycles. The number of nitrogens with one attached hydrogen (secondary N) is 1. The summed E-state index contributed by atoms with van der Waals surface area (Å²) in [6.45, 7) is 0.285. The quantitative estimate of drug-likeness (QED) is 0.857. The maximum absolute atomic E-state index is 14.3. The molecule has 2 aromatic carbocycles. The molecule has 2 aromatic rings. The molecule has 0 aromatic heterocycles. The number of hydrogen-bond acceptors (Lipinski definition) is 3. The summed E-state index contributed by atoms with van der Waals surface area (Å²) in [5.41, 5.74) is 1.20. The molecule has 0 atom stereocenters. The van der Waals surface area contributed by atoms with Crippen LogP contribution in [0.25, 0.3) is 0 Å². The lowest BCUT2D eigenvalue weighted by Crippen LogP contribution is -2.10. The summed E-state index contributed by atoms with van der Waals surface area (Å²) in [6.07, 6.45) is 0. The zero-order valence-corrected chi connectivity index (χ0v) is 12.4. The van der Waals surface area contributed by atoms with Gasteiger partial charge in [-0.25, -0.2) is 9.18 Å². The van der Waals surface area contributed by atoms with Crippen LogP contribution in [-0.4, -0.2) is 13.1 Å². The Kier molecular flexibility index (Phi) is 4.74. The number of hydrogen-bond donors (Lipinski definition) is 1. The highest BCUT2D eigenvalue weighted by atomic mass is 79.9. The highest BCUT2D eigenvalue weighted by Crippen LogP contribution is 2.24. The molecule has 0 fully saturated rings. The summed E-state index contributed by atoms with van der Waals surface area (Å²) in [6, 6.07) is 12.7. The number of methoxy groups -OCH3 is 1. The lowest BCUT2D eigenvalue weighted by Gasteiger charge is -2.11. The largest absolute Gasteiger partial charge is 0.465 e. The van der Waals surface area contributed by atoms with Crippen molar-refractivity contribution >= 4 is 27.6 Å².